The number of allylic oxidation sites excluding steroid dienone is 2. The second-order valence-electron chi connectivity index (χ2n) is 5.14. The van der Waals surface area contributed by atoms with Gasteiger partial charge in [0.1, 0.15) is 6.61 Å². The third-order valence-electron chi connectivity index (χ3n) is 3.27. The van der Waals surface area contributed by atoms with Crippen molar-refractivity contribution >= 4 is 0 Å². The quantitative estimate of drug-likeness (QED) is 0.290. The van der Waals surface area contributed by atoms with Gasteiger partial charge in [-0.25, -0.2) is 0 Å². The SMILES string of the molecule is CCCC/C=C\CCCCCCCCCC#CCO. The fraction of sp³-hybridized carbons (Fsp3) is 0.778. The van der Waals surface area contributed by atoms with Crippen molar-refractivity contribution < 1.29 is 5.11 Å². The molecule has 110 valence electrons. The Balaban J connectivity index is 3.04. The van der Waals surface area contributed by atoms with Gasteiger partial charge in [0.15, 0.2) is 0 Å². The highest BCUT2D eigenvalue weighted by molar-refractivity contribution is 4.98. The Hall–Kier alpha value is -0.740. The van der Waals surface area contributed by atoms with Gasteiger partial charge in [-0.05, 0) is 25.7 Å². The average Bonchev–Trinajstić information content (AvgIpc) is 2.43. The van der Waals surface area contributed by atoms with E-state index in [1.807, 2.05) is 0 Å². The lowest BCUT2D eigenvalue weighted by molar-refractivity contribution is 0.350. The Morgan fingerprint density at radius 2 is 1.32 bits per heavy atom. The number of rotatable bonds is 12. The number of aliphatic hydroxyl groups excluding tert-OH is 1. The van der Waals surface area contributed by atoms with Gasteiger partial charge in [-0.15, -0.1) is 5.92 Å². The van der Waals surface area contributed by atoms with Crippen LogP contribution in [0.2, 0.25) is 0 Å². The Labute approximate surface area is 120 Å². The molecule has 0 heterocycles. The third kappa shape index (κ3) is 17.3. The van der Waals surface area contributed by atoms with Gasteiger partial charge >= 0.3 is 0 Å². The van der Waals surface area contributed by atoms with Crippen LogP contribution < -0.4 is 0 Å². The molecule has 1 nitrogen and oxygen atoms in total. The van der Waals surface area contributed by atoms with Crippen molar-refractivity contribution in [1.29, 1.82) is 0 Å². The molecular formula is C18H32O. The summed E-state index contributed by atoms with van der Waals surface area (Å²) in [7, 11) is 0. The van der Waals surface area contributed by atoms with Gasteiger partial charge in [0.25, 0.3) is 0 Å². The topological polar surface area (TPSA) is 20.2 Å². The van der Waals surface area contributed by atoms with Crippen LogP contribution in [0.1, 0.15) is 84.0 Å². The summed E-state index contributed by atoms with van der Waals surface area (Å²) in [5.74, 6) is 5.66. The number of unbranched alkanes of at least 4 members (excludes halogenated alkanes) is 10. The fourth-order valence-corrected chi connectivity index (χ4v) is 2.06. The standard InChI is InChI=1S/C18H32O/c1-2-3-4-5-6-7-8-9-10-11-12-13-14-15-16-17-18-19/h5-6,19H,2-4,7-15,18H2,1H3/b6-5-. The van der Waals surface area contributed by atoms with Crippen molar-refractivity contribution in [2.24, 2.45) is 0 Å². The molecule has 0 aliphatic carbocycles. The van der Waals surface area contributed by atoms with Crippen molar-refractivity contribution in [3.8, 4) is 11.8 Å². The zero-order valence-electron chi connectivity index (χ0n) is 12.8. The van der Waals surface area contributed by atoms with E-state index in [4.69, 9.17) is 5.11 Å². The van der Waals surface area contributed by atoms with E-state index >= 15 is 0 Å². The van der Waals surface area contributed by atoms with E-state index in [0.717, 1.165) is 6.42 Å². The summed E-state index contributed by atoms with van der Waals surface area (Å²) < 4.78 is 0. The first-order valence-electron chi connectivity index (χ1n) is 8.13. The number of aliphatic hydroxyl groups is 1. The predicted molar refractivity (Wildman–Crippen MR) is 85.1 cm³/mol. The average molecular weight is 264 g/mol. The van der Waals surface area contributed by atoms with E-state index in [1.165, 1.54) is 70.6 Å². The lowest BCUT2D eigenvalue weighted by Gasteiger charge is -1.99. The molecule has 0 saturated carbocycles. The van der Waals surface area contributed by atoms with Crippen molar-refractivity contribution in [2.45, 2.75) is 84.0 Å². The van der Waals surface area contributed by atoms with E-state index < -0.39 is 0 Å². The third-order valence-corrected chi connectivity index (χ3v) is 3.27. The minimum Gasteiger partial charge on any atom is -0.384 e. The normalized spacial score (nSPS) is 10.6. The Morgan fingerprint density at radius 3 is 1.95 bits per heavy atom. The molecule has 0 saturated heterocycles. The molecule has 0 aromatic heterocycles. The van der Waals surface area contributed by atoms with Crippen molar-refractivity contribution in [2.75, 3.05) is 6.61 Å². The van der Waals surface area contributed by atoms with E-state index in [-0.39, 0.29) is 6.61 Å². The van der Waals surface area contributed by atoms with Gasteiger partial charge in [0.05, 0.1) is 0 Å². The molecule has 0 radical (unpaired) electrons. The molecule has 0 aromatic rings. The van der Waals surface area contributed by atoms with Gasteiger partial charge in [0.2, 0.25) is 0 Å². The summed E-state index contributed by atoms with van der Waals surface area (Å²) in [6.45, 7) is 2.25. The lowest BCUT2D eigenvalue weighted by Crippen LogP contribution is -1.81. The smallest absolute Gasteiger partial charge is 0.104 e. The highest BCUT2D eigenvalue weighted by atomic mass is 16.2. The molecule has 0 spiro atoms. The first kappa shape index (κ1) is 18.3. The van der Waals surface area contributed by atoms with Crippen LogP contribution in [0, 0.1) is 11.8 Å². The van der Waals surface area contributed by atoms with Crippen LogP contribution in [-0.4, -0.2) is 11.7 Å². The van der Waals surface area contributed by atoms with Crippen LogP contribution in [0.5, 0.6) is 0 Å². The molecule has 0 rings (SSSR count). The van der Waals surface area contributed by atoms with Crippen LogP contribution in [0.25, 0.3) is 0 Å². The van der Waals surface area contributed by atoms with Crippen LogP contribution in [-0.2, 0) is 0 Å². The maximum absolute atomic E-state index is 8.49. The summed E-state index contributed by atoms with van der Waals surface area (Å²) in [4.78, 5) is 0. The van der Waals surface area contributed by atoms with Gasteiger partial charge < -0.3 is 5.11 Å². The molecule has 0 aliphatic rings. The van der Waals surface area contributed by atoms with Gasteiger partial charge in [-0.2, -0.15) is 0 Å². The summed E-state index contributed by atoms with van der Waals surface area (Å²) in [5.41, 5.74) is 0. The summed E-state index contributed by atoms with van der Waals surface area (Å²) in [6, 6.07) is 0. The first-order chi connectivity index (χ1) is 9.41. The molecule has 1 N–H and O–H groups in total. The summed E-state index contributed by atoms with van der Waals surface area (Å²) in [5, 5.41) is 8.49. The highest BCUT2D eigenvalue weighted by Gasteiger charge is 1.90. The molecule has 19 heavy (non-hydrogen) atoms. The van der Waals surface area contributed by atoms with Crippen LogP contribution in [0.3, 0.4) is 0 Å². The summed E-state index contributed by atoms with van der Waals surface area (Å²) in [6.07, 6.45) is 20.1. The molecule has 0 atom stereocenters. The van der Waals surface area contributed by atoms with E-state index in [2.05, 4.69) is 30.9 Å². The Bertz CT molecular complexity index is 244. The molecule has 0 fully saturated rings. The largest absolute Gasteiger partial charge is 0.384 e. The molecule has 1 heteroatoms. The van der Waals surface area contributed by atoms with E-state index in [9.17, 15) is 0 Å². The predicted octanol–water partition coefficient (Wildman–Crippen LogP) is 5.24. The molecule has 0 unspecified atom stereocenters. The molecular weight excluding hydrogens is 232 g/mol. The van der Waals surface area contributed by atoms with Crippen LogP contribution in [0.15, 0.2) is 12.2 Å². The zero-order chi connectivity index (χ0) is 14.0. The van der Waals surface area contributed by atoms with Crippen molar-refractivity contribution in [1.82, 2.24) is 0 Å². The Kier molecular flexibility index (Phi) is 16.6. The molecule has 0 bridgehead atoms. The van der Waals surface area contributed by atoms with Gasteiger partial charge in [-0.3, -0.25) is 0 Å². The lowest BCUT2D eigenvalue weighted by atomic mass is 10.1. The highest BCUT2D eigenvalue weighted by Crippen LogP contribution is 2.10. The Morgan fingerprint density at radius 1 is 0.737 bits per heavy atom. The van der Waals surface area contributed by atoms with Crippen molar-refractivity contribution in [3.05, 3.63) is 12.2 Å². The monoisotopic (exact) mass is 264 g/mol. The van der Waals surface area contributed by atoms with Gasteiger partial charge in [0, 0.05) is 6.42 Å². The number of hydrogen-bond acceptors (Lipinski definition) is 1. The number of hydrogen-bond donors (Lipinski definition) is 1. The summed E-state index contributed by atoms with van der Waals surface area (Å²) >= 11 is 0. The maximum Gasteiger partial charge on any atom is 0.104 e. The molecule has 0 aromatic carbocycles. The van der Waals surface area contributed by atoms with Crippen molar-refractivity contribution in [3.63, 3.8) is 0 Å². The molecule has 0 aliphatic heterocycles. The van der Waals surface area contributed by atoms with E-state index in [1.54, 1.807) is 0 Å². The minimum absolute atomic E-state index is 0.00684. The van der Waals surface area contributed by atoms with Crippen LogP contribution in [0.4, 0.5) is 0 Å². The first-order valence-corrected chi connectivity index (χ1v) is 8.13. The molecule has 0 amide bonds. The van der Waals surface area contributed by atoms with Crippen LogP contribution >= 0.6 is 0 Å². The minimum atomic E-state index is 0.00684. The second-order valence-corrected chi connectivity index (χ2v) is 5.14. The van der Waals surface area contributed by atoms with E-state index in [0.29, 0.717) is 0 Å². The second kappa shape index (κ2) is 17.3. The zero-order valence-corrected chi connectivity index (χ0v) is 12.8. The van der Waals surface area contributed by atoms with Gasteiger partial charge in [-0.1, -0.05) is 69.9 Å². The fourth-order valence-electron chi connectivity index (χ4n) is 2.06. The maximum atomic E-state index is 8.49.